The number of hydrogen-bond donors (Lipinski definition) is 0. The summed E-state index contributed by atoms with van der Waals surface area (Å²) in [7, 11) is 0. The van der Waals surface area contributed by atoms with E-state index in [0.29, 0.717) is 6.61 Å². The van der Waals surface area contributed by atoms with E-state index in [-0.39, 0.29) is 11.2 Å². The number of fused-ring (bicyclic) bond motifs is 4. The van der Waals surface area contributed by atoms with E-state index in [9.17, 15) is 4.79 Å². The zero-order valence-electron chi connectivity index (χ0n) is 12.3. The van der Waals surface area contributed by atoms with Crippen molar-refractivity contribution in [3.05, 3.63) is 20.8 Å². The number of nitrogens with zero attached hydrogens (tertiary/aromatic N) is 2. The molecule has 2 aliphatic rings. The van der Waals surface area contributed by atoms with Crippen molar-refractivity contribution in [2.24, 2.45) is 0 Å². The fourth-order valence-electron chi connectivity index (χ4n) is 3.06. The van der Waals surface area contributed by atoms with Crippen molar-refractivity contribution in [2.75, 3.05) is 5.75 Å². The molecule has 0 spiro atoms. The van der Waals surface area contributed by atoms with Crippen molar-refractivity contribution in [1.29, 1.82) is 0 Å². The topological polar surface area (TPSA) is 44.1 Å². The predicted octanol–water partition coefficient (Wildman–Crippen LogP) is 3.20. The third kappa shape index (κ3) is 2.07. The summed E-state index contributed by atoms with van der Waals surface area (Å²) in [5.41, 5.74) is 1.19. The third-order valence-corrected chi connectivity index (χ3v) is 6.73. The molecule has 4 nitrogen and oxygen atoms in total. The summed E-state index contributed by atoms with van der Waals surface area (Å²) in [5, 5.41) is 1.74. The number of thiophene rings is 1. The highest BCUT2D eigenvalue weighted by atomic mass is 32.2. The summed E-state index contributed by atoms with van der Waals surface area (Å²) >= 11 is 3.33. The van der Waals surface area contributed by atoms with Crippen LogP contribution >= 0.6 is 23.1 Å². The van der Waals surface area contributed by atoms with Crippen molar-refractivity contribution in [2.45, 2.75) is 57.0 Å². The molecule has 4 rings (SSSR count). The summed E-state index contributed by atoms with van der Waals surface area (Å²) in [6.45, 7) is 5.70. The van der Waals surface area contributed by atoms with Crippen LogP contribution in [0.5, 0.6) is 0 Å². The van der Waals surface area contributed by atoms with Gasteiger partial charge in [-0.05, 0) is 25.3 Å². The van der Waals surface area contributed by atoms with Gasteiger partial charge in [-0.15, -0.1) is 11.3 Å². The van der Waals surface area contributed by atoms with Gasteiger partial charge in [0.2, 0.25) is 0 Å². The van der Waals surface area contributed by atoms with E-state index in [1.54, 1.807) is 23.1 Å². The molecule has 0 N–H and O–H groups in total. The highest BCUT2D eigenvalue weighted by Crippen LogP contribution is 2.39. The van der Waals surface area contributed by atoms with Crippen molar-refractivity contribution >= 4 is 33.3 Å². The summed E-state index contributed by atoms with van der Waals surface area (Å²) < 4.78 is 7.87. The van der Waals surface area contributed by atoms with E-state index in [1.807, 2.05) is 4.57 Å². The van der Waals surface area contributed by atoms with Crippen LogP contribution in [-0.4, -0.2) is 20.9 Å². The zero-order chi connectivity index (χ0) is 14.6. The molecule has 112 valence electrons. The van der Waals surface area contributed by atoms with Crippen LogP contribution in [0.15, 0.2) is 9.95 Å². The van der Waals surface area contributed by atoms with Gasteiger partial charge < -0.3 is 4.74 Å². The van der Waals surface area contributed by atoms with Crippen molar-refractivity contribution in [1.82, 2.24) is 9.55 Å². The van der Waals surface area contributed by atoms with Crippen molar-refractivity contribution in [3.63, 3.8) is 0 Å². The largest absolute Gasteiger partial charge is 0.369 e. The molecule has 2 aliphatic heterocycles. The molecule has 21 heavy (non-hydrogen) atoms. The molecule has 4 heterocycles. The van der Waals surface area contributed by atoms with Crippen molar-refractivity contribution in [3.8, 4) is 0 Å². The molecule has 2 aromatic rings. The lowest BCUT2D eigenvalue weighted by atomic mass is 9.90. The molecule has 0 saturated heterocycles. The Morgan fingerprint density at radius 1 is 1.48 bits per heavy atom. The van der Waals surface area contributed by atoms with Crippen LogP contribution in [0.3, 0.4) is 0 Å². The molecule has 0 aromatic carbocycles. The minimum Gasteiger partial charge on any atom is -0.369 e. The third-order valence-electron chi connectivity index (χ3n) is 4.57. The Bertz CT molecular complexity index is 780. The Morgan fingerprint density at radius 3 is 3.14 bits per heavy atom. The molecule has 1 atom stereocenters. The van der Waals surface area contributed by atoms with Gasteiger partial charge in [0.15, 0.2) is 5.16 Å². The second-order valence-electron chi connectivity index (χ2n) is 6.01. The fraction of sp³-hybridized carbons (Fsp3) is 0.600. The number of ether oxygens (including phenoxy) is 1. The van der Waals surface area contributed by atoms with Crippen LogP contribution in [-0.2, 0) is 24.3 Å². The molecule has 0 amide bonds. The standard InChI is InChI=1S/C15H18N2O2S2/c1-3-15(2)7-9-10(8-19-15)21-12-11(9)13(18)17-5-4-6-20-14(17)16-12/h3-8H2,1-2H3. The smallest absolute Gasteiger partial charge is 0.263 e. The average molecular weight is 322 g/mol. The van der Waals surface area contributed by atoms with Gasteiger partial charge in [-0.25, -0.2) is 4.98 Å². The Kier molecular flexibility index (Phi) is 3.17. The summed E-state index contributed by atoms with van der Waals surface area (Å²) in [4.78, 5) is 19.7. The maximum atomic E-state index is 12.9. The van der Waals surface area contributed by atoms with Gasteiger partial charge in [0.05, 0.1) is 17.6 Å². The van der Waals surface area contributed by atoms with E-state index in [2.05, 4.69) is 13.8 Å². The Hall–Kier alpha value is -0.850. The number of aromatic nitrogens is 2. The van der Waals surface area contributed by atoms with E-state index >= 15 is 0 Å². The normalized spacial score (nSPS) is 24.9. The molecule has 0 bridgehead atoms. The Morgan fingerprint density at radius 2 is 2.33 bits per heavy atom. The summed E-state index contributed by atoms with van der Waals surface area (Å²) in [6, 6.07) is 0. The highest BCUT2D eigenvalue weighted by Gasteiger charge is 2.33. The molecular formula is C15H18N2O2S2. The molecule has 0 aliphatic carbocycles. The molecule has 0 saturated carbocycles. The predicted molar refractivity (Wildman–Crippen MR) is 86.4 cm³/mol. The molecule has 6 heteroatoms. The van der Waals surface area contributed by atoms with Gasteiger partial charge in [0.25, 0.3) is 5.56 Å². The van der Waals surface area contributed by atoms with Crippen LogP contribution < -0.4 is 5.56 Å². The summed E-state index contributed by atoms with van der Waals surface area (Å²) in [5.74, 6) is 1.06. The van der Waals surface area contributed by atoms with Gasteiger partial charge in [0, 0.05) is 23.6 Å². The monoisotopic (exact) mass is 322 g/mol. The van der Waals surface area contributed by atoms with Crippen LogP contribution in [0.2, 0.25) is 0 Å². The first-order chi connectivity index (χ1) is 10.1. The van der Waals surface area contributed by atoms with Crippen LogP contribution in [0.25, 0.3) is 10.2 Å². The van der Waals surface area contributed by atoms with Crippen molar-refractivity contribution < 1.29 is 4.74 Å². The van der Waals surface area contributed by atoms with Crippen LogP contribution in [0.1, 0.15) is 37.1 Å². The molecular weight excluding hydrogens is 304 g/mol. The van der Waals surface area contributed by atoms with E-state index in [0.717, 1.165) is 46.9 Å². The highest BCUT2D eigenvalue weighted by molar-refractivity contribution is 7.99. The lowest BCUT2D eigenvalue weighted by Gasteiger charge is -2.32. The van der Waals surface area contributed by atoms with E-state index in [4.69, 9.17) is 9.72 Å². The Labute approximate surface area is 131 Å². The number of thioether (sulfide) groups is 1. The van der Waals surface area contributed by atoms with E-state index < -0.39 is 0 Å². The fourth-order valence-corrected chi connectivity index (χ4v) is 5.15. The second kappa shape index (κ2) is 4.83. The quantitative estimate of drug-likeness (QED) is 0.756. The first-order valence-corrected chi connectivity index (χ1v) is 9.23. The lowest BCUT2D eigenvalue weighted by molar-refractivity contribution is -0.0543. The molecule has 0 fully saturated rings. The first-order valence-electron chi connectivity index (χ1n) is 7.43. The first kappa shape index (κ1) is 13.8. The average Bonchev–Trinajstić information content (AvgIpc) is 2.85. The van der Waals surface area contributed by atoms with Crippen LogP contribution in [0, 0.1) is 0 Å². The van der Waals surface area contributed by atoms with E-state index in [1.165, 1.54) is 10.4 Å². The minimum absolute atomic E-state index is 0.150. The van der Waals surface area contributed by atoms with Gasteiger partial charge >= 0.3 is 0 Å². The number of rotatable bonds is 1. The van der Waals surface area contributed by atoms with Gasteiger partial charge in [0.1, 0.15) is 4.83 Å². The van der Waals surface area contributed by atoms with Gasteiger partial charge in [-0.3, -0.25) is 9.36 Å². The van der Waals surface area contributed by atoms with Gasteiger partial charge in [-0.2, -0.15) is 0 Å². The van der Waals surface area contributed by atoms with Crippen LogP contribution in [0.4, 0.5) is 0 Å². The maximum absolute atomic E-state index is 12.9. The Balaban J connectivity index is 1.96. The lowest BCUT2D eigenvalue weighted by Crippen LogP contribution is -2.35. The summed E-state index contributed by atoms with van der Waals surface area (Å²) in [6.07, 6.45) is 2.83. The number of hydrogen-bond acceptors (Lipinski definition) is 5. The molecule has 0 radical (unpaired) electrons. The molecule has 1 unspecified atom stereocenters. The maximum Gasteiger partial charge on any atom is 0.263 e. The minimum atomic E-state index is -0.150. The zero-order valence-corrected chi connectivity index (χ0v) is 13.9. The van der Waals surface area contributed by atoms with Gasteiger partial charge in [-0.1, -0.05) is 18.7 Å². The second-order valence-corrected chi connectivity index (χ2v) is 8.15. The SMILES string of the molecule is CCC1(C)Cc2c(sc3nc4n(c(=O)c23)CCCS4)CO1. The molecule has 2 aromatic heterocycles.